The molecule has 0 saturated carbocycles. The number of aliphatic hydroxyl groups excluding tert-OH is 1. The zero-order valence-electron chi connectivity index (χ0n) is 8.85. The third-order valence-electron chi connectivity index (χ3n) is 1.85. The average molecular weight is 225 g/mol. The Kier molecular flexibility index (Phi) is 5.24. The van der Waals surface area contributed by atoms with Crippen LogP contribution in [0.1, 0.15) is 10.4 Å². The van der Waals surface area contributed by atoms with E-state index in [1.165, 1.54) is 6.20 Å². The van der Waals surface area contributed by atoms with Gasteiger partial charge in [-0.2, -0.15) is 0 Å². The maximum Gasteiger partial charge on any atom is 0.255 e. The fourth-order valence-corrected chi connectivity index (χ4v) is 1.11. The van der Waals surface area contributed by atoms with Gasteiger partial charge in [-0.1, -0.05) is 0 Å². The summed E-state index contributed by atoms with van der Waals surface area (Å²) < 4.78 is 4.99. The third-order valence-corrected chi connectivity index (χ3v) is 1.85. The van der Waals surface area contributed by atoms with E-state index in [4.69, 9.17) is 15.6 Å². The number of pyridine rings is 1. The van der Waals surface area contributed by atoms with Crippen molar-refractivity contribution in [2.45, 2.75) is 0 Å². The van der Waals surface area contributed by atoms with Crippen molar-refractivity contribution in [1.82, 2.24) is 10.3 Å². The van der Waals surface area contributed by atoms with Crippen LogP contribution in [0.2, 0.25) is 0 Å². The van der Waals surface area contributed by atoms with Crippen molar-refractivity contribution in [3.05, 3.63) is 23.9 Å². The number of hydrogen-bond donors (Lipinski definition) is 3. The van der Waals surface area contributed by atoms with Gasteiger partial charge in [-0.15, -0.1) is 0 Å². The first-order valence-electron chi connectivity index (χ1n) is 4.93. The smallest absolute Gasteiger partial charge is 0.255 e. The van der Waals surface area contributed by atoms with Crippen LogP contribution < -0.4 is 11.1 Å². The molecule has 0 aliphatic carbocycles. The summed E-state index contributed by atoms with van der Waals surface area (Å²) in [5.41, 5.74) is 5.89. The summed E-state index contributed by atoms with van der Waals surface area (Å²) in [6.45, 7) is 0.966. The van der Waals surface area contributed by atoms with Gasteiger partial charge in [0.25, 0.3) is 5.91 Å². The summed E-state index contributed by atoms with van der Waals surface area (Å²) in [6, 6.07) is 3.25. The number of aliphatic hydroxyl groups is 1. The summed E-state index contributed by atoms with van der Waals surface area (Å²) in [5.74, 6) is -0.0746. The number of aromatic nitrogens is 1. The largest absolute Gasteiger partial charge is 0.394 e. The molecule has 6 heteroatoms. The molecule has 1 heterocycles. The van der Waals surface area contributed by atoms with Crippen LogP contribution >= 0.6 is 0 Å². The van der Waals surface area contributed by atoms with Gasteiger partial charge >= 0.3 is 0 Å². The molecule has 1 rings (SSSR count). The quantitative estimate of drug-likeness (QED) is 0.562. The predicted octanol–water partition coefficient (Wildman–Crippen LogP) is -0.597. The van der Waals surface area contributed by atoms with Crippen LogP contribution in [0.5, 0.6) is 0 Å². The molecule has 16 heavy (non-hydrogen) atoms. The van der Waals surface area contributed by atoms with Gasteiger partial charge in [0, 0.05) is 12.7 Å². The lowest BCUT2D eigenvalue weighted by Gasteiger charge is -2.06. The van der Waals surface area contributed by atoms with Gasteiger partial charge < -0.3 is 20.9 Å². The van der Waals surface area contributed by atoms with E-state index < -0.39 is 0 Å². The van der Waals surface area contributed by atoms with Gasteiger partial charge in [-0.3, -0.25) is 4.79 Å². The molecule has 0 aliphatic heterocycles. The highest BCUT2D eigenvalue weighted by atomic mass is 16.5. The van der Waals surface area contributed by atoms with E-state index in [0.29, 0.717) is 18.7 Å². The molecule has 6 nitrogen and oxygen atoms in total. The second kappa shape index (κ2) is 6.76. The number of nitrogens with two attached hydrogens (primary N) is 1. The molecule has 0 spiro atoms. The van der Waals surface area contributed by atoms with E-state index >= 15 is 0 Å². The number of hydrogen-bond acceptors (Lipinski definition) is 5. The molecule has 88 valence electrons. The van der Waals surface area contributed by atoms with Crippen LogP contribution in [0.15, 0.2) is 18.3 Å². The van der Waals surface area contributed by atoms with Crippen molar-refractivity contribution in [2.24, 2.45) is 0 Å². The molecule has 0 atom stereocenters. The number of nitrogen functional groups attached to an aromatic ring is 1. The zero-order chi connectivity index (χ0) is 11.8. The molecule has 1 aromatic heterocycles. The highest BCUT2D eigenvalue weighted by Gasteiger charge is 2.08. The number of amides is 1. The molecule has 0 saturated heterocycles. The Morgan fingerprint density at radius 2 is 2.38 bits per heavy atom. The summed E-state index contributed by atoms with van der Waals surface area (Å²) in [4.78, 5) is 15.4. The maximum atomic E-state index is 11.6. The minimum atomic E-state index is -0.279. The van der Waals surface area contributed by atoms with Gasteiger partial charge in [-0.25, -0.2) is 4.98 Å². The molecular weight excluding hydrogens is 210 g/mol. The van der Waals surface area contributed by atoms with Gasteiger partial charge in [0.05, 0.1) is 25.4 Å². The van der Waals surface area contributed by atoms with Crippen molar-refractivity contribution in [3.63, 3.8) is 0 Å². The lowest BCUT2D eigenvalue weighted by Crippen LogP contribution is -2.28. The number of carbonyl (C=O) groups excluding carboxylic acids is 1. The van der Waals surface area contributed by atoms with Crippen LogP contribution in [-0.4, -0.2) is 42.4 Å². The lowest BCUT2D eigenvalue weighted by atomic mass is 10.2. The fraction of sp³-hybridized carbons (Fsp3) is 0.400. The number of rotatable bonds is 6. The molecule has 0 bridgehead atoms. The van der Waals surface area contributed by atoms with Gasteiger partial charge in [-0.05, 0) is 12.1 Å². The van der Waals surface area contributed by atoms with Crippen molar-refractivity contribution in [2.75, 3.05) is 32.1 Å². The summed E-state index contributed by atoms with van der Waals surface area (Å²) in [7, 11) is 0. The molecule has 1 amide bonds. The molecule has 0 fully saturated rings. The highest BCUT2D eigenvalue weighted by molar-refractivity contribution is 5.98. The predicted molar refractivity (Wildman–Crippen MR) is 58.9 cm³/mol. The first-order chi connectivity index (χ1) is 7.75. The Morgan fingerprint density at radius 1 is 1.56 bits per heavy atom. The van der Waals surface area contributed by atoms with E-state index in [-0.39, 0.29) is 24.9 Å². The monoisotopic (exact) mass is 225 g/mol. The topological polar surface area (TPSA) is 97.5 Å². The Morgan fingerprint density at radius 3 is 3.06 bits per heavy atom. The van der Waals surface area contributed by atoms with Crippen molar-refractivity contribution in [3.8, 4) is 0 Å². The van der Waals surface area contributed by atoms with Crippen LogP contribution in [0.4, 0.5) is 5.82 Å². The van der Waals surface area contributed by atoms with Crippen molar-refractivity contribution < 1.29 is 14.6 Å². The Bertz CT molecular complexity index is 344. The second-order valence-electron chi connectivity index (χ2n) is 3.03. The molecule has 0 radical (unpaired) electrons. The first kappa shape index (κ1) is 12.4. The van der Waals surface area contributed by atoms with E-state index in [0.717, 1.165) is 0 Å². The summed E-state index contributed by atoms with van der Waals surface area (Å²) in [5, 5.41) is 11.1. The number of nitrogens with one attached hydrogen (secondary N) is 1. The summed E-state index contributed by atoms with van der Waals surface area (Å²) >= 11 is 0. The lowest BCUT2D eigenvalue weighted by molar-refractivity contribution is 0.0838. The molecule has 4 N–H and O–H groups in total. The fourth-order valence-electron chi connectivity index (χ4n) is 1.11. The SMILES string of the molecule is Nc1ncccc1C(=O)NCCOCCO. The maximum absolute atomic E-state index is 11.6. The number of carbonyl (C=O) groups is 1. The normalized spacial score (nSPS) is 10.1. The first-order valence-corrected chi connectivity index (χ1v) is 4.93. The van der Waals surface area contributed by atoms with E-state index in [1.54, 1.807) is 12.1 Å². The molecular formula is C10H15N3O3. The third kappa shape index (κ3) is 3.84. The van der Waals surface area contributed by atoms with E-state index in [2.05, 4.69) is 10.3 Å². The van der Waals surface area contributed by atoms with E-state index in [9.17, 15) is 4.79 Å². The van der Waals surface area contributed by atoms with Gasteiger partial charge in [0.1, 0.15) is 5.82 Å². The summed E-state index contributed by atoms with van der Waals surface area (Å²) in [6.07, 6.45) is 1.52. The molecule has 1 aromatic rings. The van der Waals surface area contributed by atoms with Gasteiger partial charge in [0.15, 0.2) is 0 Å². The van der Waals surface area contributed by atoms with E-state index in [1.807, 2.05) is 0 Å². The van der Waals surface area contributed by atoms with Crippen LogP contribution in [0.3, 0.4) is 0 Å². The second-order valence-corrected chi connectivity index (χ2v) is 3.03. The Labute approximate surface area is 93.4 Å². The molecule has 0 unspecified atom stereocenters. The number of ether oxygens (including phenoxy) is 1. The standard InChI is InChI=1S/C10H15N3O3/c11-9-8(2-1-3-12-9)10(15)13-4-6-16-7-5-14/h1-3,14H,4-7H2,(H2,11,12)(H,13,15). The van der Waals surface area contributed by atoms with Crippen LogP contribution in [0, 0.1) is 0 Å². The van der Waals surface area contributed by atoms with Crippen molar-refractivity contribution >= 4 is 11.7 Å². The van der Waals surface area contributed by atoms with Crippen LogP contribution in [-0.2, 0) is 4.74 Å². The Balaban J connectivity index is 2.33. The minimum Gasteiger partial charge on any atom is -0.394 e. The Hall–Kier alpha value is -1.66. The average Bonchev–Trinajstić information content (AvgIpc) is 2.29. The molecule has 0 aliphatic rings. The van der Waals surface area contributed by atoms with Gasteiger partial charge in [0.2, 0.25) is 0 Å². The van der Waals surface area contributed by atoms with Crippen molar-refractivity contribution in [1.29, 1.82) is 0 Å². The molecule has 0 aromatic carbocycles. The highest BCUT2D eigenvalue weighted by Crippen LogP contribution is 2.05. The number of nitrogens with zero attached hydrogens (tertiary/aromatic N) is 1. The zero-order valence-corrected chi connectivity index (χ0v) is 8.85. The number of anilines is 1. The van der Waals surface area contributed by atoms with Crippen LogP contribution in [0.25, 0.3) is 0 Å². The minimum absolute atomic E-state index is 0.0243.